The summed E-state index contributed by atoms with van der Waals surface area (Å²) in [5.41, 5.74) is 1.28. The van der Waals surface area contributed by atoms with Gasteiger partial charge in [-0.25, -0.2) is 0 Å². The third kappa shape index (κ3) is 3.92. The summed E-state index contributed by atoms with van der Waals surface area (Å²) in [7, 11) is 0. The van der Waals surface area contributed by atoms with Crippen LogP contribution in [0.1, 0.15) is 54.4 Å². The zero-order valence-corrected chi connectivity index (χ0v) is 16.7. The first kappa shape index (κ1) is 21.1. The number of hydrogen-bond acceptors (Lipinski definition) is 4. The van der Waals surface area contributed by atoms with Gasteiger partial charge in [-0.1, -0.05) is 0 Å². The van der Waals surface area contributed by atoms with Crippen molar-refractivity contribution in [2.24, 2.45) is 0 Å². The Labute approximate surface area is 172 Å². The Morgan fingerprint density at radius 2 is 1.77 bits per heavy atom. The minimum atomic E-state index is -4.29. The Balaban J connectivity index is 1.64. The first-order chi connectivity index (χ1) is 14.3. The number of anilines is 1. The molecule has 9 heteroatoms. The van der Waals surface area contributed by atoms with Crippen LogP contribution in [0.15, 0.2) is 18.2 Å². The van der Waals surface area contributed by atoms with Gasteiger partial charge in [0.2, 0.25) is 0 Å². The standard InChI is InChI=1S/C21H25F3N2O4/c22-20(23,24)8-4-11-26-17-7-6-15(18(27)25-9-2-1-3-10-25)14-16(17)21(19(26)28)29-12-5-13-30-21/h6-7,14H,1-5,8-13H2. The molecule has 0 aliphatic carbocycles. The first-order valence-electron chi connectivity index (χ1n) is 10.4. The number of nitrogens with zero attached hydrogens (tertiary/aromatic N) is 2. The quantitative estimate of drug-likeness (QED) is 0.738. The summed E-state index contributed by atoms with van der Waals surface area (Å²) in [5, 5.41) is 0. The second-order valence-electron chi connectivity index (χ2n) is 7.93. The summed E-state index contributed by atoms with van der Waals surface area (Å²) >= 11 is 0. The highest BCUT2D eigenvalue weighted by Crippen LogP contribution is 2.46. The monoisotopic (exact) mass is 426 g/mol. The molecule has 2 fully saturated rings. The van der Waals surface area contributed by atoms with Crippen molar-refractivity contribution >= 4 is 17.5 Å². The Morgan fingerprint density at radius 1 is 1.07 bits per heavy atom. The van der Waals surface area contributed by atoms with Gasteiger partial charge in [0, 0.05) is 37.2 Å². The molecule has 0 saturated carbocycles. The van der Waals surface area contributed by atoms with Crippen molar-refractivity contribution < 1.29 is 32.2 Å². The number of hydrogen-bond donors (Lipinski definition) is 0. The summed E-state index contributed by atoms with van der Waals surface area (Å²) < 4.78 is 49.3. The lowest BCUT2D eigenvalue weighted by molar-refractivity contribution is -0.256. The van der Waals surface area contributed by atoms with E-state index >= 15 is 0 Å². The average Bonchev–Trinajstić information content (AvgIpc) is 2.96. The molecule has 2 amide bonds. The van der Waals surface area contributed by atoms with Crippen LogP contribution in [0, 0.1) is 0 Å². The number of ether oxygens (including phenoxy) is 2. The highest BCUT2D eigenvalue weighted by atomic mass is 19.4. The zero-order valence-electron chi connectivity index (χ0n) is 16.7. The van der Waals surface area contributed by atoms with Gasteiger partial charge in [0.25, 0.3) is 17.6 Å². The van der Waals surface area contributed by atoms with Gasteiger partial charge in [0.05, 0.1) is 18.9 Å². The molecule has 2 saturated heterocycles. The summed E-state index contributed by atoms with van der Waals surface area (Å²) in [6, 6.07) is 4.86. The lowest BCUT2D eigenvalue weighted by Gasteiger charge is -2.33. The number of carbonyl (C=O) groups is 2. The number of amides is 2. The van der Waals surface area contributed by atoms with Crippen molar-refractivity contribution in [2.75, 3.05) is 37.7 Å². The molecular formula is C21H25F3N2O4. The van der Waals surface area contributed by atoms with Crippen LogP contribution in [0.5, 0.6) is 0 Å². The number of carbonyl (C=O) groups excluding carboxylic acids is 2. The van der Waals surface area contributed by atoms with Crippen LogP contribution >= 0.6 is 0 Å². The van der Waals surface area contributed by atoms with Crippen molar-refractivity contribution in [1.82, 2.24) is 4.90 Å². The molecule has 1 aromatic rings. The molecule has 0 radical (unpaired) electrons. The van der Waals surface area contributed by atoms with E-state index in [0.717, 1.165) is 19.3 Å². The molecule has 0 N–H and O–H groups in total. The van der Waals surface area contributed by atoms with Crippen LogP contribution in [0.4, 0.5) is 18.9 Å². The minimum Gasteiger partial charge on any atom is -0.339 e. The van der Waals surface area contributed by atoms with E-state index in [0.29, 0.717) is 49.5 Å². The zero-order chi connectivity index (χ0) is 21.4. The molecule has 1 aromatic carbocycles. The van der Waals surface area contributed by atoms with E-state index in [1.807, 2.05) is 0 Å². The second-order valence-corrected chi connectivity index (χ2v) is 7.93. The molecule has 0 atom stereocenters. The Morgan fingerprint density at radius 3 is 2.43 bits per heavy atom. The van der Waals surface area contributed by atoms with Crippen molar-refractivity contribution in [2.45, 2.75) is 50.5 Å². The summed E-state index contributed by atoms with van der Waals surface area (Å²) in [4.78, 5) is 29.2. The minimum absolute atomic E-state index is 0.0980. The summed E-state index contributed by atoms with van der Waals surface area (Å²) in [6.45, 7) is 1.88. The molecule has 6 nitrogen and oxygen atoms in total. The van der Waals surface area contributed by atoms with E-state index in [4.69, 9.17) is 9.47 Å². The van der Waals surface area contributed by atoms with Crippen LogP contribution < -0.4 is 4.90 Å². The highest BCUT2D eigenvalue weighted by Gasteiger charge is 2.55. The lowest BCUT2D eigenvalue weighted by atomic mass is 10.0. The number of alkyl halides is 3. The number of likely N-dealkylation sites (tertiary alicyclic amines) is 1. The maximum Gasteiger partial charge on any atom is 0.389 e. The van der Waals surface area contributed by atoms with E-state index in [2.05, 4.69) is 0 Å². The number of fused-ring (bicyclic) bond motifs is 2. The van der Waals surface area contributed by atoms with Gasteiger partial charge in [-0.05, 0) is 50.3 Å². The molecule has 30 heavy (non-hydrogen) atoms. The van der Waals surface area contributed by atoms with E-state index in [1.165, 1.54) is 4.90 Å². The van der Waals surface area contributed by atoms with E-state index < -0.39 is 24.3 Å². The number of rotatable bonds is 4. The summed E-state index contributed by atoms with van der Waals surface area (Å²) in [5.74, 6) is -2.32. The lowest BCUT2D eigenvalue weighted by Crippen LogP contribution is -2.47. The molecule has 1 spiro atoms. The van der Waals surface area contributed by atoms with E-state index in [-0.39, 0.29) is 18.9 Å². The van der Waals surface area contributed by atoms with Crippen LogP contribution in [-0.2, 0) is 20.1 Å². The van der Waals surface area contributed by atoms with Gasteiger partial charge >= 0.3 is 6.18 Å². The number of piperidine rings is 1. The Bertz CT molecular complexity index is 815. The molecule has 3 aliphatic heterocycles. The third-order valence-electron chi connectivity index (χ3n) is 5.80. The molecule has 3 aliphatic rings. The van der Waals surface area contributed by atoms with Gasteiger partial charge in [0.1, 0.15) is 0 Å². The van der Waals surface area contributed by atoms with Crippen molar-refractivity contribution in [3.63, 3.8) is 0 Å². The van der Waals surface area contributed by atoms with Gasteiger partial charge in [-0.15, -0.1) is 0 Å². The van der Waals surface area contributed by atoms with Crippen molar-refractivity contribution in [1.29, 1.82) is 0 Å². The van der Waals surface area contributed by atoms with Gasteiger partial charge < -0.3 is 19.3 Å². The van der Waals surface area contributed by atoms with Crippen LogP contribution in [-0.4, -0.2) is 55.7 Å². The van der Waals surface area contributed by atoms with E-state index in [9.17, 15) is 22.8 Å². The molecule has 164 valence electrons. The molecule has 0 bridgehead atoms. The van der Waals surface area contributed by atoms with Crippen LogP contribution in [0.25, 0.3) is 0 Å². The predicted molar refractivity (Wildman–Crippen MR) is 102 cm³/mol. The fraction of sp³-hybridized carbons (Fsp3) is 0.619. The summed E-state index contributed by atoms with van der Waals surface area (Å²) in [6.07, 6.45) is -1.86. The maximum absolute atomic E-state index is 13.2. The maximum atomic E-state index is 13.2. The van der Waals surface area contributed by atoms with E-state index in [1.54, 1.807) is 23.1 Å². The molecule has 4 rings (SSSR count). The van der Waals surface area contributed by atoms with Gasteiger partial charge in [0.15, 0.2) is 0 Å². The van der Waals surface area contributed by atoms with Crippen molar-refractivity contribution in [3.05, 3.63) is 29.3 Å². The smallest absolute Gasteiger partial charge is 0.339 e. The second kappa shape index (κ2) is 8.19. The SMILES string of the molecule is O=C(c1ccc2c(c1)C1(OCCCO1)C(=O)N2CCCC(F)(F)F)N1CCCCC1. The predicted octanol–water partition coefficient (Wildman–Crippen LogP) is 3.59. The largest absolute Gasteiger partial charge is 0.389 e. The topological polar surface area (TPSA) is 59.1 Å². The third-order valence-corrected chi connectivity index (χ3v) is 5.80. The van der Waals surface area contributed by atoms with Crippen LogP contribution in [0.2, 0.25) is 0 Å². The van der Waals surface area contributed by atoms with Crippen LogP contribution in [0.3, 0.4) is 0 Å². The first-order valence-corrected chi connectivity index (χ1v) is 10.4. The van der Waals surface area contributed by atoms with Gasteiger partial charge in [-0.3, -0.25) is 9.59 Å². The average molecular weight is 426 g/mol. The fourth-order valence-corrected chi connectivity index (χ4v) is 4.32. The number of benzene rings is 1. The number of halogens is 3. The highest BCUT2D eigenvalue weighted by molar-refractivity contribution is 6.07. The molecule has 3 heterocycles. The Kier molecular flexibility index (Phi) is 5.76. The molecular weight excluding hydrogens is 401 g/mol. The Hall–Kier alpha value is -2.13. The fourth-order valence-electron chi connectivity index (χ4n) is 4.32. The molecule has 0 unspecified atom stereocenters. The van der Waals surface area contributed by atoms with Crippen molar-refractivity contribution in [3.8, 4) is 0 Å². The molecule has 0 aromatic heterocycles. The van der Waals surface area contributed by atoms with Gasteiger partial charge in [-0.2, -0.15) is 13.2 Å². The normalized spacial score (nSPS) is 21.2.